The first-order valence-corrected chi connectivity index (χ1v) is 6.96. The van der Waals surface area contributed by atoms with Crippen molar-refractivity contribution in [2.45, 2.75) is 27.3 Å². The number of rotatable bonds is 5. The van der Waals surface area contributed by atoms with Crippen LogP contribution in [0.25, 0.3) is 5.69 Å². The minimum Gasteiger partial charge on any atom is -0.311 e. The van der Waals surface area contributed by atoms with Crippen LogP contribution in [0.15, 0.2) is 30.5 Å². The lowest BCUT2D eigenvalue weighted by Crippen LogP contribution is -2.19. The number of benzene rings is 1. The molecule has 0 unspecified atom stereocenters. The van der Waals surface area contributed by atoms with Crippen LogP contribution in [0.5, 0.6) is 0 Å². The Morgan fingerprint density at radius 3 is 2.79 bits per heavy atom. The van der Waals surface area contributed by atoms with Gasteiger partial charge in [0.1, 0.15) is 0 Å². The van der Waals surface area contributed by atoms with Crippen molar-refractivity contribution in [1.82, 2.24) is 15.1 Å². The lowest BCUT2D eigenvalue weighted by atomic mass is 10.2. The molecular weight excluding hydrogens is 258 g/mol. The van der Waals surface area contributed by atoms with Gasteiger partial charge in [0.05, 0.1) is 16.4 Å². The second kappa shape index (κ2) is 6.22. The van der Waals surface area contributed by atoms with E-state index < -0.39 is 0 Å². The van der Waals surface area contributed by atoms with E-state index in [0.717, 1.165) is 35.1 Å². The Morgan fingerprint density at radius 2 is 2.11 bits per heavy atom. The Labute approximate surface area is 119 Å². The zero-order valence-electron chi connectivity index (χ0n) is 11.7. The third-order valence-corrected chi connectivity index (χ3v) is 3.16. The van der Waals surface area contributed by atoms with Crippen LogP contribution in [0.2, 0.25) is 5.02 Å². The highest BCUT2D eigenvalue weighted by atomic mass is 35.5. The van der Waals surface area contributed by atoms with Crippen molar-refractivity contribution in [3.63, 3.8) is 0 Å². The quantitative estimate of drug-likeness (QED) is 0.905. The fourth-order valence-corrected chi connectivity index (χ4v) is 2.20. The number of halogens is 1. The summed E-state index contributed by atoms with van der Waals surface area (Å²) >= 11 is 6.24. The highest BCUT2D eigenvalue weighted by Crippen LogP contribution is 2.21. The molecule has 1 aromatic heterocycles. The van der Waals surface area contributed by atoms with Gasteiger partial charge >= 0.3 is 0 Å². The normalized spacial score (nSPS) is 11.2. The molecule has 102 valence electrons. The van der Waals surface area contributed by atoms with Crippen molar-refractivity contribution in [1.29, 1.82) is 0 Å². The van der Waals surface area contributed by atoms with Gasteiger partial charge in [-0.15, -0.1) is 0 Å². The minimum atomic E-state index is 0.647. The topological polar surface area (TPSA) is 29.9 Å². The first-order chi connectivity index (χ1) is 9.06. The Balaban J connectivity index is 2.08. The number of hydrogen-bond donors (Lipinski definition) is 1. The van der Waals surface area contributed by atoms with Crippen LogP contribution in [0.4, 0.5) is 0 Å². The summed E-state index contributed by atoms with van der Waals surface area (Å²) < 4.78 is 1.83. The highest BCUT2D eigenvalue weighted by molar-refractivity contribution is 6.32. The van der Waals surface area contributed by atoms with E-state index >= 15 is 0 Å². The Morgan fingerprint density at radius 1 is 1.32 bits per heavy atom. The molecule has 0 aliphatic heterocycles. The van der Waals surface area contributed by atoms with Crippen LogP contribution in [0.1, 0.15) is 25.1 Å². The molecule has 0 saturated heterocycles. The van der Waals surface area contributed by atoms with Crippen LogP contribution in [0.3, 0.4) is 0 Å². The third kappa shape index (κ3) is 3.82. The number of aromatic nitrogens is 2. The second-order valence-electron chi connectivity index (χ2n) is 5.23. The summed E-state index contributed by atoms with van der Waals surface area (Å²) in [5.41, 5.74) is 3.10. The fourth-order valence-electron chi connectivity index (χ4n) is 1.88. The molecule has 2 rings (SSSR count). The molecule has 0 atom stereocenters. The largest absolute Gasteiger partial charge is 0.311 e. The molecule has 0 amide bonds. The van der Waals surface area contributed by atoms with Gasteiger partial charge < -0.3 is 5.32 Å². The molecule has 0 radical (unpaired) electrons. The van der Waals surface area contributed by atoms with E-state index in [1.165, 1.54) is 0 Å². The number of nitrogens with one attached hydrogen (secondary N) is 1. The summed E-state index contributed by atoms with van der Waals surface area (Å²) in [7, 11) is 0. The average molecular weight is 278 g/mol. The Kier molecular flexibility index (Phi) is 4.61. The van der Waals surface area contributed by atoms with Crippen LogP contribution < -0.4 is 5.32 Å². The van der Waals surface area contributed by atoms with Gasteiger partial charge in [-0.1, -0.05) is 31.5 Å². The summed E-state index contributed by atoms with van der Waals surface area (Å²) in [6.07, 6.45) is 1.95. The van der Waals surface area contributed by atoms with Gasteiger partial charge in [0.25, 0.3) is 0 Å². The summed E-state index contributed by atoms with van der Waals surface area (Å²) in [4.78, 5) is 0. The van der Waals surface area contributed by atoms with Crippen LogP contribution in [-0.4, -0.2) is 16.3 Å². The maximum Gasteiger partial charge on any atom is 0.0832 e. The van der Waals surface area contributed by atoms with Crippen molar-refractivity contribution >= 4 is 11.6 Å². The molecular formula is C15H20ClN3. The van der Waals surface area contributed by atoms with Gasteiger partial charge in [-0.05, 0) is 43.1 Å². The van der Waals surface area contributed by atoms with Crippen LogP contribution in [0, 0.1) is 12.8 Å². The lowest BCUT2D eigenvalue weighted by molar-refractivity contribution is 0.546. The van der Waals surface area contributed by atoms with E-state index in [4.69, 9.17) is 11.6 Å². The fraction of sp³-hybridized carbons (Fsp3) is 0.400. The number of nitrogens with zero attached hydrogens (tertiary/aromatic N) is 2. The SMILES string of the molecule is Cc1ccc(-n2ccc(CNCC(C)C)n2)c(Cl)c1. The predicted octanol–water partition coefficient (Wildman–Crippen LogP) is 3.58. The summed E-state index contributed by atoms with van der Waals surface area (Å²) in [6.45, 7) is 8.20. The van der Waals surface area contributed by atoms with E-state index in [1.807, 2.05) is 42.1 Å². The molecule has 19 heavy (non-hydrogen) atoms. The summed E-state index contributed by atoms with van der Waals surface area (Å²) in [5, 5.41) is 8.65. The van der Waals surface area contributed by atoms with Gasteiger partial charge in [-0.25, -0.2) is 4.68 Å². The first-order valence-electron chi connectivity index (χ1n) is 6.58. The summed E-state index contributed by atoms with van der Waals surface area (Å²) in [6, 6.07) is 8.01. The Bertz CT molecular complexity index is 546. The highest BCUT2D eigenvalue weighted by Gasteiger charge is 2.05. The molecule has 0 fully saturated rings. The van der Waals surface area contributed by atoms with Crippen molar-refractivity contribution < 1.29 is 0 Å². The van der Waals surface area contributed by atoms with Crippen LogP contribution >= 0.6 is 11.6 Å². The molecule has 1 heterocycles. The molecule has 0 spiro atoms. The standard InChI is InChI=1S/C15H20ClN3/c1-11(2)9-17-10-13-6-7-19(18-13)15-5-4-12(3)8-14(15)16/h4-8,11,17H,9-10H2,1-3H3. The minimum absolute atomic E-state index is 0.647. The van der Waals surface area contributed by atoms with Crippen molar-refractivity contribution in [3.8, 4) is 5.69 Å². The first kappa shape index (κ1) is 14.1. The van der Waals surface area contributed by atoms with Gasteiger partial charge in [-0.2, -0.15) is 5.10 Å². The molecule has 0 aliphatic rings. The zero-order chi connectivity index (χ0) is 13.8. The van der Waals surface area contributed by atoms with Crippen LogP contribution in [-0.2, 0) is 6.54 Å². The molecule has 1 N–H and O–H groups in total. The zero-order valence-corrected chi connectivity index (χ0v) is 12.4. The molecule has 0 bridgehead atoms. The van der Waals surface area contributed by atoms with Crippen molar-refractivity contribution in [2.24, 2.45) is 5.92 Å². The monoisotopic (exact) mass is 277 g/mol. The van der Waals surface area contributed by atoms with Gasteiger partial charge in [-0.3, -0.25) is 0 Å². The third-order valence-electron chi connectivity index (χ3n) is 2.85. The smallest absolute Gasteiger partial charge is 0.0832 e. The van der Waals surface area contributed by atoms with Crippen molar-refractivity contribution in [3.05, 3.63) is 46.7 Å². The number of hydrogen-bond acceptors (Lipinski definition) is 2. The lowest BCUT2D eigenvalue weighted by Gasteiger charge is -2.06. The maximum atomic E-state index is 6.24. The van der Waals surface area contributed by atoms with E-state index in [1.54, 1.807) is 0 Å². The van der Waals surface area contributed by atoms with E-state index in [0.29, 0.717) is 5.92 Å². The van der Waals surface area contributed by atoms with E-state index in [9.17, 15) is 0 Å². The van der Waals surface area contributed by atoms with E-state index in [2.05, 4.69) is 24.3 Å². The van der Waals surface area contributed by atoms with Gasteiger partial charge in [0.2, 0.25) is 0 Å². The summed E-state index contributed by atoms with van der Waals surface area (Å²) in [5.74, 6) is 0.647. The average Bonchev–Trinajstić information content (AvgIpc) is 2.77. The molecule has 0 aliphatic carbocycles. The van der Waals surface area contributed by atoms with E-state index in [-0.39, 0.29) is 0 Å². The molecule has 0 saturated carbocycles. The number of aryl methyl sites for hydroxylation is 1. The molecule has 1 aromatic carbocycles. The maximum absolute atomic E-state index is 6.24. The molecule has 3 nitrogen and oxygen atoms in total. The van der Waals surface area contributed by atoms with Gasteiger partial charge in [0.15, 0.2) is 0 Å². The van der Waals surface area contributed by atoms with Crippen molar-refractivity contribution in [2.75, 3.05) is 6.54 Å². The van der Waals surface area contributed by atoms with Gasteiger partial charge in [0, 0.05) is 12.7 Å². The molecule has 2 aromatic rings. The Hall–Kier alpha value is -1.32. The molecule has 4 heteroatoms. The second-order valence-corrected chi connectivity index (χ2v) is 5.64. The predicted molar refractivity (Wildman–Crippen MR) is 79.9 cm³/mol.